The highest BCUT2D eigenvalue weighted by atomic mass is 16.6. The predicted octanol–water partition coefficient (Wildman–Crippen LogP) is 1.45. The number of ether oxygens (including phenoxy) is 1. The van der Waals surface area contributed by atoms with Gasteiger partial charge >= 0.3 is 0 Å². The van der Waals surface area contributed by atoms with Gasteiger partial charge in [-0.15, -0.1) is 0 Å². The Bertz CT molecular complexity index is 490. The van der Waals surface area contributed by atoms with Gasteiger partial charge in [-0.3, -0.25) is 10.1 Å². The molecule has 1 aromatic carbocycles. The summed E-state index contributed by atoms with van der Waals surface area (Å²) in [5.41, 5.74) is -0.158. The molecule has 0 spiro atoms. The monoisotopic (exact) mass is 247 g/mol. The van der Waals surface area contributed by atoms with E-state index in [-0.39, 0.29) is 11.3 Å². The first kappa shape index (κ1) is 12.3. The summed E-state index contributed by atoms with van der Waals surface area (Å²) in [6.45, 7) is 2.49. The van der Waals surface area contributed by atoms with Gasteiger partial charge in [-0.2, -0.15) is 5.26 Å². The zero-order chi connectivity index (χ0) is 13.0. The minimum Gasteiger partial charge on any atom is -0.493 e. The van der Waals surface area contributed by atoms with E-state index < -0.39 is 4.92 Å². The second-order valence-electron chi connectivity index (χ2n) is 4.22. The number of nitrogens with one attached hydrogen (secondary N) is 1. The molecule has 0 saturated carbocycles. The number of nitrogens with zero attached hydrogens (tertiary/aromatic N) is 2. The fourth-order valence-corrected chi connectivity index (χ4v) is 1.92. The molecule has 0 amide bonds. The molecular formula is C12H13N3O3. The third kappa shape index (κ3) is 2.76. The van der Waals surface area contributed by atoms with Crippen LogP contribution >= 0.6 is 0 Å². The van der Waals surface area contributed by atoms with Crippen molar-refractivity contribution in [1.82, 2.24) is 5.32 Å². The van der Waals surface area contributed by atoms with Crippen LogP contribution in [0.3, 0.4) is 0 Å². The average Bonchev–Trinajstić information content (AvgIpc) is 2.88. The van der Waals surface area contributed by atoms with E-state index >= 15 is 0 Å². The lowest BCUT2D eigenvalue weighted by molar-refractivity contribution is -0.385. The van der Waals surface area contributed by atoms with Crippen molar-refractivity contribution in [1.29, 1.82) is 5.26 Å². The molecule has 1 aromatic rings. The molecule has 1 unspecified atom stereocenters. The lowest BCUT2D eigenvalue weighted by atomic mass is 10.1. The zero-order valence-electron chi connectivity index (χ0n) is 9.76. The zero-order valence-corrected chi connectivity index (χ0v) is 9.76. The second kappa shape index (κ2) is 5.47. The normalized spacial score (nSPS) is 18.3. The van der Waals surface area contributed by atoms with Crippen LogP contribution in [-0.4, -0.2) is 24.6 Å². The summed E-state index contributed by atoms with van der Waals surface area (Å²) < 4.78 is 5.55. The van der Waals surface area contributed by atoms with E-state index in [1.165, 1.54) is 18.2 Å². The van der Waals surface area contributed by atoms with E-state index in [0.717, 1.165) is 19.5 Å². The van der Waals surface area contributed by atoms with Crippen LogP contribution in [0.4, 0.5) is 5.69 Å². The second-order valence-corrected chi connectivity index (χ2v) is 4.22. The molecule has 0 bridgehead atoms. The summed E-state index contributed by atoms with van der Waals surface area (Å²) >= 11 is 0. The maximum Gasteiger partial charge on any atom is 0.287 e. The molecule has 94 valence electrons. The molecule has 1 N–H and O–H groups in total. The van der Waals surface area contributed by atoms with Crippen molar-refractivity contribution in [3.63, 3.8) is 0 Å². The van der Waals surface area contributed by atoms with Crippen LogP contribution < -0.4 is 10.1 Å². The van der Waals surface area contributed by atoms with E-state index in [9.17, 15) is 10.1 Å². The Morgan fingerprint density at radius 3 is 3.06 bits per heavy atom. The molecule has 1 aliphatic rings. The molecule has 0 radical (unpaired) electrons. The Labute approximate surface area is 104 Å². The van der Waals surface area contributed by atoms with Gasteiger partial charge in [0.15, 0.2) is 0 Å². The van der Waals surface area contributed by atoms with Crippen molar-refractivity contribution in [2.24, 2.45) is 5.92 Å². The fourth-order valence-electron chi connectivity index (χ4n) is 1.92. The van der Waals surface area contributed by atoms with Crippen LogP contribution in [0, 0.1) is 27.4 Å². The quantitative estimate of drug-likeness (QED) is 0.642. The Hall–Kier alpha value is -2.13. The number of hydrogen-bond acceptors (Lipinski definition) is 5. The first-order valence-corrected chi connectivity index (χ1v) is 5.73. The van der Waals surface area contributed by atoms with Gasteiger partial charge in [0.2, 0.25) is 0 Å². The molecule has 1 aliphatic heterocycles. The summed E-state index contributed by atoms with van der Waals surface area (Å²) in [5.74, 6) is 0.967. The summed E-state index contributed by atoms with van der Waals surface area (Å²) in [5, 5.41) is 22.7. The summed E-state index contributed by atoms with van der Waals surface area (Å²) in [6.07, 6.45) is 1.07. The Kier molecular flexibility index (Phi) is 3.75. The third-order valence-electron chi connectivity index (χ3n) is 2.93. The molecule has 18 heavy (non-hydrogen) atoms. The SMILES string of the molecule is N#Cc1cc(OCC2CCNC2)ccc1[N+](=O)[O-]. The number of nitro benzene ring substituents is 1. The molecule has 6 nitrogen and oxygen atoms in total. The van der Waals surface area contributed by atoms with Gasteiger partial charge in [0.05, 0.1) is 11.5 Å². The number of rotatable bonds is 4. The summed E-state index contributed by atoms with van der Waals surface area (Å²) in [4.78, 5) is 10.1. The van der Waals surface area contributed by atoms with Gasteiger partial charge in [-0.25, -0.2) is 0 Å². The first-order valence-electron chi connectivity index (χ1n) is 5.73. The van der Waals surface area contributed by atoms with Gasteiger partial charge < -0.3 is 10.1 Å². The number of nitro groups is 1. The average molecular weight is 247 g/mol. The van der Waals surface area contributed by atoms with Crippen LogP contribution in [0.1, 0.15) is 12.0 Å². The van der Waals surface area contributed by atoms with Crippen LogP contribution in [0.5, 0.6) is 5.75 Å². The highest BCUT2D eigenvalue weighted by Crippen LogP contribution is 2.24. The molecule has 0 aliphatic carbocycles. The van der Waals surface area contributed by atoms with Crippen LogP contribution in [0.2, 0.25) is 0 Å². The van der Waals surface area contributed by atoms with Crippen LogP contribution in [0.25, 0.3) is 0 Å². The molecular weight excluding hydrogens is 234 g/mol. The smallest absolute Gasteiger partial charge is 0.287 e. The fraction of sp³-hybridized carbons (Fsp3) is 0.417. The maximum absolute atomic E-state index is 10.7. The van der Waals surface area contributed by atoms with Crippen molar-refractivity contribution >= 4 is 5.69 Å². The standard InChI is InChI=1S/C12H13N3O3/c13-6-10-5-11(1-2-12(10)15(16)17)18-8-9-3-4-14-7-9/h1-2,5,9,14H,3-4,7-8H2. The number of hydrogen-bond donors (Lipinski definition) is 1. The van der Waals surface area contributed by atoms with E-state index in [1.54, 1.807) is 0 Å². The Balaban J connectivity index is 2.05. The van der Waals surface area contributed by atoms with E-state index in [2.05, 4.69) is 5.32 Å². The Morgan fingerprint density at radius 2 is 2.44 bits per heavy atom. The van der Waals surface area contributed by atoms with Gasteiger partial charge in [0, 0.05) is 24.6 Å². The Morgan fingerprint density at radius 1 is 1.61 bits per heavy atom. The highest BCUT2D eigenvalue weighted by Gasteiger charge is 2.17. The summed E-state index contributed by atoms with van der Waals surface area (Å²) in [7, 11) is 0. The molecule has 2 rings (SSSR count). The van der Waals surface area contributed by atoms with Crippen molar-refractivity contribution in [3.8, 4) is 11.8 Å². The highest BCUT2D eigenvalue weighted by molar-refractivity contribution is 5.52. The first-order chi connectivity index (χ1) is 8.70. The molecule has 1 heterocycles. The van der Waals surface area contributed by atoms with Crippen LogP contribution in [0.15, 0.2) is 18.2 Å². The topological polar surface area (TPSA) is 88.2 Å². The largest absolute Gasteiger partial charge is 0.493 e. The maximum atomic E-state index is 10.7. The van der Waals surface area contributed by atoms with Gasteiger partial charge in [0.1, 0.15) is 17.4 Å². The van der Waals surface area contributed by atoms with Gasteiger partial charge in [-0.1, -0.05) is 0 Å². The predicted molar refractivity (Wildman–Crippen MR) is 64.3 cm³/mol. The van der Waals surface area contributed by atoms with Gasteiger partial charge in [-0.05, 0) is 19.0 Å². The lowest BCUT2D eigenvalue weighted by Gasteiger charge is -2.10. The van der Waals surface area contributed by atoms with Gasteiger partial charge in [0.25, 0.3) is 5.69 Å². The number of nitriles is 1. The van der Waals surface area contributed by atoms with Crippen molar-refractivity contribution in [2.75, 3.05) is 19.7 Å². The third-order valence-corrected chi connectivity index (χ3v) is 2.93. The van der Waals surface area contributed by atoms with Crippen molar-refractivity contribution in [3.05, 3.63) is 33.9 Å². The van der Waals surface area contributed by atoms with E-state index in [1.807, 2.05) is 6.07 Å². The van der Waals surface area contributed by atoms with E-state index in [4.69, 9.17) is 10.00 Å². The molecule has 1 fully saturated rings. The molecule has 6 heteroatoms. The van der Waals surface area contributed by atoms with Crippen molar-refractivity contribution < 1.29 is 9.66 Å². The van der Waals surface area contributed by atoms with Crippen LogP contribution in [-0.2, 0) is 0 Å². The molecule has 0 aromatic heterocycles. The molecule has 1 atom stereocenters. The lowest BCUT2D eigenvalue weighted by Crippen LogP contribution is -2.15. The van der Waals surface area contributed by atoms with Crippen molar-refractivity contribution in [2.45, 2.75) is 6.42 Å². The van der Waals surface area contributed by atoms with E-state index in [0.29, 0.717) is 18.3 Å². The number of benzene rings is 1. The minimum atomic E-state index is -0.566. The summed E-state index contributed by atoms with van der Waals surface area (Å²) in [6, 6.07) is 6.06. The molecule has 1 saturated heterocycles. The minimum absolute atomic E-state index is 0.0297.